The van der Waals surface area contributed by atoms with E-state index in [1.54, 1.807) is 0 Å². The molecule has 0 aromatic heterocycles. The highest BCUT2D eigenvalue weighted by Gasteiger charge is 2.17. The number of carbonyl (C=O) groups is 1. The van der Waals surface area contributed by atoms with Crippen LogP contribution in [-0.4, -0.2) is 28.8 Å². The quantitative estimate of drug-likeness (QED) is 0.777. The minimum Gasteiger partial charge on any atom is -0.354 e. The Kier molecular flexibility index (Phi) is 4.70. The molecule has 124 valence electrons. The number of carbonyl (C=O) groups excluding carboxylic acids is 1. The number of ketones is 1. The number of nitrogens with zero attached hydrogens (tertiary/aromatic N) is 2. The lowest BCUT2D eigenvalue weighted by Gasteiger charge is -2.23. The highest BCUT2D eigenvalue weighted by molar-refractivity contribution is 5.97. The summed E-state index contributed by atoms with van der Waals surface area (Å²) in [6, 6.07) is 14.0. The van der Waals surface area contributed by atoms with E-state index in [-0.39, 0.29) is 5.78 Å². The zero-order chi connectivity index (χ0) is 17.1. The van der Waals surface area contributed by atoms with Crippen LogP contribution in [0.4, 0.5) is 0 Å². The number of hydrogen-bond acceptors (Lipinski definition) is 3. The number of Topliss-reactive ketones (excluding diaryl/α,β-unsaturated/α-hetero) is 1. The molecular weight excluding hydrogens is 296 g/mol. The fraction of sp³-hybridized carbons (Fsp3) is 0.286. The van der Waals surface area contributed by atoms with Crippen LogP contribution in [-0.2, 0) is 6.54 Å². The summed E-state index contributed by atoms with van der Waals surface area (Å²) < 4.78 is 0. The second-order valence-corrected chi connectivity index (χ2v) is 6.60. The van der Waals surface area contributed by atoms with Gasteiger partial charge in [-0.2, -0.15) is 0 Å². The molecule has 0 amide bonds. The number of rotatable bonds is 5. The van der Waals surface area contributed by atoms with Crippen molar-refractivity contribution >= 4 is 5.78 Å². The molecule has 3 nitrogen and oxygen atoms in total. The molecule has 0 aliphatic carbocycles. The molecule has 0 atom stereocenters. The monoisotopic (exact) mass is 320 g/mol. The Hall–Kier alpha value is -2.55. The SMILES string of the molecule is Cc1cc(C)c(CN2C=CN(CC(=O)c3ccccc3)C2)c(C)c1. The first kappa shape index (κ1) is 16.3. The zero-order valence-electron chi connectivity index (χ0n) is 14.6. The lowest BCUT2D eigenvalue weighted by Crippen LogP contribution is -2.29. The van der Waals surface area contributed by atoms with Crippen molar-refractivity contribution in [2.45, 2.75) is 27.3 Å². The van der Waals surface area contributed by atoms with Crippen molar-refractivity contribution in [1.29, 1.82) is 0 Å². The van der Waals surface area contributed by atoms with E-state index in [4.69, 9.17) is 0 Å². The third kappa shape index (κ3) is 3.67. The van der Waals surface area contributed by atoms with Crippen LogP contribution in [0.2, 0.25) is 0 Å². The smallest absolute Gasteiger partial charge is 0.182 e. The van der Waals surface area contributed by atoms with Crippen molar-refractivity contribution in [2.24, 2.45) is 0 Å². The average Bonchev–Trinajstić information content (AvgIpc) is 2.99. The first-order valence-electron chi connectivity index (χ1n) is 8.34. The van der Waals surface area contributed by atoms with Crippen LogP contribution in [0.3, 0.4) is 0 Å². The lowest BCUT2D eigenvalue weighted by molar-refractivity contribution is 0.0944. The Morgan fingerprint density at radius 1 is 0.958 bits per heavy atom. The van der Waals surface area contributed by atoms with E-state index in [0.717, 1.165) is 18.8 Å². The van der Waals surface area contributed by atoms with Crippen molar-refractivity contribution in [1.82, 2.24) is 9.80 Å². The fourth-order valence-electron chi connectivity index (χ4n) is 3.28. The van der Waals surface area contributed by atoms with Crippen LogP contribution < -0.4 is 0 Å². The predicted octanol–water partition coefficient (Wildman–Crippen LogP) is 4.04. The molecule has 1 aliphatic rings. The van der Waals surface area contributed by atoms with Gasteiger partial charge in [-0.1, -0.05) is 48.0 Å². The Labute approximate surface area is 144 Å². The van der Waals surface area contributed by atoms with Crippen LogP contribution in [0.1, 0.15) is 32.6 Å². The summed E-state index contributed by atoms with van der Waals surface area (Å²) in [5, 5.41) is 0. The lowest BCUT2D eigenvalue weighted by atomic mass is 9.99. The van der Waals surface area contributed by atoms with Crippen LogP contribution >= 0.6 is 0 Å². The Morgan fingerprint density at radius 3 is 2.25 bits per heavy atom. The molecule has 0 radical (unpaired) electrons. The Bertz CT molecular complexity index is 742. The summed E-state index contributed by atoms with van der Waals surface area (Å²) in [5.74, 6) is 0.157. The topological polar surface area (TPSA) is 23.6 Å². The summed E-state index contributed by atoms with van der Waals surface area (Å²) in [7, 11) is 0. The third-order valence-corrected chi connectivity index (χ3v) is 4.50. The minimum absolute atomic E-state index is 0.157. The van der Waals surface area contributed by atoms with Crippen molar-refractivity contribution < 1.29 is 4.79 Å². The van der Waals surface area contributed by atoms with E-state index < -0.39 is 0 Å². The molecule has 0 bridgehead atoms. The molecule has 3 rings (SSSR count). The van der Waals surface area contributed by atoms with Gasteiger partial charge < -0.3 is 9.80 Å². The van der Waals surface area contributed by atoms with Gasteiger partial charge in [-0.3, -0.25) is 4.79 Å². The number of hydrogen-bond donors (Lipinski definition) is 0. The van der Waals surface area contributed by atoms with Gasteiger partial charge in [0.05, 0.1) is 13.2 Å². The summed E-state index contributed by atoms with van der Waals surface area (Å²) in [6.07, 6.45) is 4.09. The summed E-state index contributed by atoms with van der Waals surface area (Å²) in [6.45, 7) is 8.53. The van der Waals surface area contributed by atoms with Gasteiger partial charge in [0.15, 0.2) is 5.78 Å². The van der Waals surface area contributed by atoms with Gasteiger partial charge in [0, 0.05) is 24.5 Å². The summed E-state index contributed by atoms with van der Waals surface area (Å²) >= 11 is 0. The second kappa shape index (κ2) is 6.91. The van der Waals surface area contributed by atoms with Gasteiger partial charge in [-0.05, 0) is 37.5 Å². The average molecular weight is 320 g/mol. The normalized spacial score (nSPS) is 13.6. The molecule has 3 heteroatoms. The number of benzene rings is 2. The molecule has 0 fully saturated rings. The molecule has 0 unspecified atom stereocenters. The maximum absolute atomic E-state index is 12.3. The molecule has 1 aliphatic heterocycles. The van der Waals surface area contributed by atoms with Crippen molar-refractivity contribution in [3.8, 4) is 0 Å². The molecule has 1 heterocycles. The van der Waals surface area contributed by atoms with E-state index in [2.05, 4.69) is 48.9 Å². The van der Waals surface area contributed by atoms with E-state index in [1.807, 2.05) is 36.5 Å². The number of aryl methyl sites for hydroxylation is 3. The van der Waals surface area contributed by atoms with Crippen molar-refractivity contribution in [2.75, 3.05) is 13.2 Å². The van der Waals surface area contributed by atoms with Gasteiger partial charge >= 0.3 is 0 Å². The maximum atomic E-state index is 12.3. The van der Waals surface area contributed by atoms with Gasteiger partial charge in [0.2, 0.25) is 0 Å². The maximum Gasteiger partial charge on any atom is 0.182 e. The molecule has 0 N–H and O–H groups in total. The van der Waals surface area contributed by atoms with E-state index in [1.165, 1.54) is 22.3 Å². The van der Waals surface area contributed by atoms with Crippen LogP contribution in [0.5, 0.6) is 0 Å². The molecule has 2 aromatic rings. The van der Waals surface area contributed by atoms with Crippen LogP contribution in [0.15, 0.2) is 54.9 Å². The standard InChI is InChI=1S/C21H24N2O/c1-16-11-17(2)20(18(3)12-16)13-22-9-10-23(15-22)14-21(24)19-7-5-4-6-8-19/h4-12H,13-15H2,1-3H3. The van der Waals surface area contributed by atoms with Gasteiger partial charge in [0.25, 0.3) is 0 Å². The zero-order valence-corrected chi connectivity index (χ0v) is 14.6. The molecule has 0 saturated carbocycles. The first-order chi connectivity index (χ1) is 11.5. The van der Waals surface area contributed by atoms with Gasteiger partial charge in [-0.15, -0.1) is 0 Å². The summed E-state index contributed by atoms with van der Waals surface area (Å²) in [5.41, 5.74) is 6.12. The molecule has 2 aromatic carbocycles. The third-order valence-electron chi connectivity index (χ3n) is 4.50. The predicted molar refractivity (Wildman–Crippen MR) is 97.7 cm³/mol. The second-order valence-electron chi connectivity index (χ2n) is 6.60. The molecule has 0 spiro atoms. The molecule has 0 saturated heterocycles. The van der Waals surface area contributed by atoms with Crippen LogP contribution in [0.25, 0.3) is 0 Å². The van der Waals surface area contributed by atoms with E-state index >= 15 is 0 Å². The Morgan fingerprint density at radius 2 is 1.58 bits per heavy atom. The minimum atomic E-state index is 0.157. The van der Waals surface area contributed by atoms with Gasteiger partial charge in [0.1, 0.15) is 0 Å². The van der Waals surface area contributed by atoms with Crippen LogP contribution in [0, 0.1) is 20.8 Å². The molecule has 24 heavy (non-hydrogen) atoms. The highest BCUT2D eigenvalue weighted by atomic mass is 16.1. The first-order valence-corrected chi connectivity index (χ1v) is 8.34. The largest absolute Gasteiger partial charge is 0.354 e. The van der Waals surface area contributed by atoms with E-state index in [9.17, 15) is 4.79 Å². The highest BCUT2D eigenvalue weighted by Crippen LogP contribution is 2.20. The van der Waals surface area contributed by atoms with Crippen molar-refractivity contribution in [3.05, 3.63) is 82.7 Å². The fourth-order valence-corrected chi connectivity index (χ4v) is 3.28. The molecular formula is C21H24N2O. The Balaban J connectivity index is 1.61. The van der Waals surface area contributed by atoms with Crippen molar-refractivity contribution in [3.63, 3.8) is 0 Å². The van der Waals surface area contributed by atoms with E-state index in [0.29, 0.717) is 6.54 Å². The van der Waals surface area contributed by atoms with Gasteiger partial charge in [-0.25, -0.2) is 0 Å². The summed E-state index contributed by atoms with van der Waals surface area (Å²) in [4.78, 5) is 16.6.